The fraction of sp³-hybridized carbons (Fsp3) is 0.533. The molecule has 5 N–H and O–H groups in total. The minimum Gasteiger partial charge on any atom is -0.394 e. The lowest BCUT2D eigenvalue weighted by Crippen LogP contribution is -2.27. The van der Waals surface area contributed by atoms with Crippen molar-refractivity contribution in [2.75, 3.05) is 12.3 Å². The molecule has 1 aliphatic heterocycles. The average molecular weight is 319 g/mol. The van der Waals surface area contributed by atoms with Crippen LogP contribution in [-0.4, -0.2) is 38.3 Å². The number of nitrogens with zero attached hydrogens (tertiary/aromatic N) is 3. The average Bonchev–Trinajstić information content (AvgIpc) is 2.97. The molecule has 0 saturated carbocycles. The van der Waals surface area contributed by atoms with Crippen LogP contribution in [0, 0.1) is 11.3 Å². The molecule has 3 heterocycles. The number of anilines is 1. The fourth-order valence-corrected chi connectivity index (χ4v) is 3.30. The molecular weight excluding hydrogens is 298 g/mol. The SMILES string of the molecule is C[C@@H]1[C@@H](CO)O[C@@H](c2cc(C(N)=O)c3c(N)ncnn23)C1(C)C. The van der Waals surface area contributed by atoms with E-state index in [4.69, 9.17) is 16.2 Å². The van der Waals surface area contributed by atoms with Gasteiger partial charge >= 0.3 is 0 Å². The van der Waals surface area contributed by atoms with Crippen LogP contribution in [0.5, 0.6) is 0 Å². The van der Waals surface area contributed by atoms with Gasteiger partial charge in [0.2, 0.25) is 0 Å². The highest BCUT2D eigenvalue weighted by atomic mass is 16.5. The van der Waals surface area contributed by atoms with Crippen molar-refractivity contribution in [1.82, 2.24) is 14.6 Å². The van der Waals surface area contributed by atoms with Crippen molar-refractivity contribution in [2.24, 2.45) is 17.1 Å². The van der Waals surface area contributed by atoms with Crippen molar-refractivity contribution in [2.45, 2.75) is 33.0 Å². The third kappa shape index (κ3) is 2.17. The van der Waals surface area contributed by atoms with Crippen LogP contribution in [0.4, 0.5) is 5.82 Å². The van der Waals surface area contributed by atoms with E-state index in [9.17, 15) is 9.90 Å². The highest BCUT2D eigenvalue weighted by molar-refractivity contribution is 6.02. The molecule has 8 heteroatoms. The summed E-state index contributed by atoms with van der Waals surface area (Å²) in [5.74, 6) is -0.292. The van der Waals surface area contributed by atoms with Crippen LogP contribution in [0.2, 0.25) is 0 Å². The van der Waals surface area contributed by atoms with Gasteiger partial charge in [0, 0.05) is 5.41 Å². The molecule has 3 atom stereocenters. The van der Waals surface area contributed by atoms with E-state index in [0.717, 1.165) is 0 Å². The van der Waals surface area contributed by atoms with Crippen LogP contribution in [0.3, 0.4) is 0 Å². The zero-order valence-electron chi connectivity index (χ0n) is 13.4. The molecule has 0 unspecified atom stereocenters. The number of nitrogen functional groups attached to an aromatic ring is 1. The van der Waals surface area contributed by atoms with Crippen molar-refractivity contribution in [1.29, 1.82) is 0 Å². The van der Waals surface area contributed by atoms with Crippen molar-refractivity contribution in [3.63, 3.8) is 0 Å². The predicted molar refractivity (Wildman–Crippen MR) is 83.6 cm³/mol. The fourth-order valence-electron chi connectivity index (χ4n) is 3.30. The van der Waals surface area contributed by atoms with Gasteiger partial charge in [0.05, 0.1) is 24.0 Å². The number of fused-ring (bicyclic) bond motifs is 1. The summed E-state index contributed by atoms with van der Waals surface area (Å²) < 4.78 is 7.60. The van der Waals surface area contributed by atoms with Crippen LogP contribution < -0.4 is 11.5 Å². The van der Waals surface area contributed by atoms with Crippen LogP contribution in [-0.2, 0) is 4.74 Å². The molecule has 3 rings (SSSR count). The molecule has 0 aromatic carbocycles. The Morgan fingerprint density at radius 2 is 2.22 bits per heavy atom. The molecule has 23 heavy (non-hydrogen) atoms. The first-order valence-electron chi connectivity index (χ1n) is 7.47. The standard InChI is InChI=1S/C15H21N5O3/c1-7-10(5-21)23-12(15(7,2)3)9-4-8(14(17)22)11-13(16)18-6-19-20(9)11/h4,6-7,10,12,21H,5H2,1-3H3,(H2,17,22)(H2,16,18,19)/t7-,10-,12+/m1/s1. The van der Waals surface area contributed by atoms with Crippen LogP contribution >= 0.6 is 0 Å². The van der Waals surface area contributed by atoms with Gasteiger partial charge < -0.3 is 21.3 Å². The predicted octanol–water partition coefficient (Wildman–Crippen LogP) is 0.505. The molecule has 0 radical (unpaired) electrons. The van der Waals surface area contributed by atoms with E-state index in [1.54, 1.807) is 10.6 Å². The van der Waals surface area contributed by atoms with Crippen molar-refractivity contribution in [3.8, 4) is 0 Å². The van der Waals surface area contributed by atoms with Gasteiger partial charge in [-0.15, -0.1) is 0 Å². The molecule has 1 saturated heterocycles. The van der Waals surface area contributed by atoms with Gasteiger partial charge in [-0.2, -0.15) is 5.10 Å². The highest BCUT2D eigenvalue weighted by Gasteiger charge is 2.49. The number of carbonyl (C=O) groups is 1. The molecule has 1 amide bonds. The molecular formula is C15H21N5O3. The molecule has 0 spiro atoms. The molecule has 2 aromatic rings. The molecule has 124 valence electrons. The molecule has 2 aromatic heterocycles. The number of amides is 1. The number of aromatic nitrogens is 3. The topological polar surface area (TPSA) is 129 Å². The first-order valence-corrected chi connectivity index (χ1v) is 7.47. The molecule has 8 nitrogen and oxygen atoms in total. The lowest BCUT2D eigenvalue weighted by atomic mass is 9.75. The second kappa shape index (κ2) is 5.17. The zero-order chi connectivity index (χ0) is 16.9. The number of aliphatic hydroxyl groups is 1. The number of nitrogens with two attached hydrogens (primary N) is 2. The molecule has 0 aliphatic carbocycles. The number of hydrogen-bond donors (Lipinski definition) is 3. The van der Waals surface area contributed by atoms with Gasteiger partial charge in [0.25, 0.3) is 5.91 Å². The summed E-state index contributed by atoms with van der Waals surface area (Å²) in [6.45, 7) is 6.09. The lowest BCUT2D eigenvalue weighted by molar-refractivity contribution is -0.0116. The smallest absolute Gasteiger partial charge is 0.251 e. The van der Waals surface area contributed by atoms with Crippen LogP contribution in [0.1, 0.15) is 42.9 Å². The summed E-state index contributed by atoms with van der Waals surface area (Å²) in [4.78, 5) is 15.7. The number of carbonyl (C=O) groups excluding carboxylic acids is 1. The largest absolute Gasteiger partial charge is 0.394 e. The second-order valence-electron chi connectivity index (χ2n) is 6.60. The van der Waals surface area contributed by atoms with Gasteiger partial charge in [0.1, 0.15) is 17.9 Å². The van der Waals surface area contributed by atoms with Crippen molar-refractivity contribution < 1.29 is 14.6 Å². The number of rotatable bonds is 3. The Bertz CT molecular complexity index is 770. The molecule has 1 aliphatic rings. The van der Waals surface area contributed by atoms with Gasteiger partial charge in [-0.05, 0) is 12.0 Å². The Labute approximate surface area is 133 Å². The lowest BCUT2D eigenvalue weighted by Gasteiger charge is -2.28. The number of aliphatic hydroxyl groups excluding tert-OH is 1. The first kappa shape index (κ1) is 15.7. The minimum absolute atomic E-state index is 0.0653. The van der Waals surface area contributed by atoms with Gasteiger partial charge in [-0.25, -0.2) is 9.50 Å². The van der Waals surface area contributed by atoms with Crippen molar-refractivity contribution in [3.05, 3.63) is 23.7 Å². The Balaban J connectivity index is 2.21. The van der Waals surface area contributed by atoms with Crippen LogP contribution in [0.25, 0.3) is 5.52 Å². The molecule has 0 bridgehead atoms. The van der Waals surface area contributed by atoms with Crippen molar-refractivity contribution >= 4 is 17.2 Å². The maximum Gasteiger partial charge on any atom is 0.251 e. The maximum absolute atomic E-state index is 11.8. The summed E-state index contributed by atoms with van der Waals surface area (Å²) in [5, 5.41) is 13.7. The van der Waals surface area contributed by atoms with E-state index in [0.29, 0.717) is 11.2 Å². The summed E-state index contributed by atoms with van der Waals surface area (Å²) >= 11 is 0. The monoisotopic (exact) mass is 319 g/mol. The van der Waals surface area contributed by atoms with E-state index >= 15 is 0 Å². The highest BCUT2D eigenvalue weighted by Crippen LogP contribution is 2.51. The maximum atomic E-state index is 11.8. The summed E-state index contributed by atoms with van der Waals surface area (Å²) in [6, 6.07) is 1.65. The summed E-state index contributed by atoms with van der Waals surface area (Å²) in [5.41, 5.74) is 12.4. The number of primary amides is 1. The minimum atomic E-state index is -0.599. The van der Waals surface area contributed by atoms with Crippen LogP contribution in [0.15, 0.2) is 12.4 Å². The van der Waals surface area contributed by atoms with E-state index < -0.39 is 5.91 Å². The zero-order valence-corrected chi connectivity index (χ0v) is 13.4. The summed E-state index contributed by atoms with van der Waals surface area (Å²) in [6.07, 6.45) is 0.687. The van der Waals surface area contributed by atoms with E-state index in [1.807, 2.05) is 6.92 Å². The van der Waals surface area contributed by atoms with E-state index in [2.05, 4.69) is 23.9 Å². The molecule has 1 fully saturated rings. The quantitative estimate of drug-likeness (QED) is 0.756. The van der Waals surface area contributed by atoms with Gasteiger partial charge in [-0.1, -0.05) is 20.8 Å². The first-order chi connectivity index (χ1) is 10.8. The third-order valence-corrected chi connectivity index (χ3v) is 5.04. The number of hydrogen-bond acceptors (Lipinski definition) is 6. The van der Waals surface area contributed by atoms with E-state index in [1.165, 1.54) is 6.33 Å². The van der Waals surface area contributed by atoms with E-state index in [-0.39, 0.29) is 41.5 Å². The van der Waals surface area contributed by atoms with Gasteiger partial charge in [-0.3, -0.25) is 4.79 Å². The Morgan fingerprint density at radius 1 is 1.52 bits per heavy atom. The Kier molecular flexibility index (Phi) is 3.53. The third-order valence-electron chi connectivity index (χ3n) is 5.04. The Hall–Kier alpha value is -2.19. The normalized spacial score (nSPS) is 26.7. The second-order valence-corrected chi connectivity index (χ2v) is 6.60. The van der Waals surface area contributed by atoms with Gasteiger partial charge in [0.15, 0.2) is 5.82 Å². The summed E-state index contributed by atoms with van der Waals surface area (Å²) in [7, 11) is 0. The Morgan fingerprint density at radius 3 is 2.78 bits per heavy atom. The number of ether oxygens (including phenoxy) is 1.